The highest BCUT2D eigenvalue weighted by Crippen LogP contribution is 2.34. The van der Waals surface area contributed by atoms with Gasteiger partial charge in [-0.2, -0.15) is 0 Å². The van der Waals surface area contributed by atoms with Crippen molar-refractivity contribution in [3.8, 4) is 5.75 Å². The molecule has 0 unspecified atom stereocenters. The second-order valence-electron chi connectivity index (χ2n) is 8.50. The normalized spacial score (nSPS) is 18.7. The summed E-state index contributed by atoms with van der Waals surface area (Å²) in [6.07, 6.45) is 3.88. The van der Waals surface area contributed by atoms with E-state index in [1.165, 1.54) is 16.5 Å². The lowest BCUT2D eigenvalue weighted by molar-refractivity contribution is -0.0303. The molecule has 3 heterocycles. The van der Waals surface area contributed by atoms with E-state index in [1.807, 2.05) is 24.3 Å². The molecule has 5 nitrogen and oxygen atoms in total. The molecule has 150 valence electrons. The summed E-state index contributed by atoms with van der Waals surface area (Å²) in [6, 6.07) is 16.6. The number of rotatable bonds is 3. The summed E-state index contributed by atoms with van der Waals surface area (Å²) in [5, 5.41) is 4.46. The van der Waals surface area contributed by atoms with Crippen LogP contribution < -0.4 is 10.1 Å². The van der Waals surface area contributed by atoms with Crippen molar-refractivity contribution < 1.29 is 9.53 Å². The number of nitrogens with one attached hydrogen (secondary N) is 1. The van der Waals surface area contributed by atoms with E-state index in [0.717, 1.165) is 32.5 Å². The number of fused-ring (bicyclic) bond motifs is 2. The van der Waals surface area contributed by atoms with E-state index < -0.39 is 5.72 Å². The van der Waals surface area contributed by atoms with Gasteiger partial charge in [0.25, 0.3) is 5.91 Å². The maximum absolute atomic E-state index is 12.5. The summed E-state index contributed by atoms with van der Waals surface area (Å²) in [7, 11) is 0. The number of hydrogen-bond acceptors (Lipinski definition) is 3. The maximum atomic E-state index is 12.5. The number of para-hydroxylation sites is 2. The van der Waals surface area contributed by atoms with Crippen LogP contribution in [0.2, 0.25) is 0 Å². The van der Waals surface area contributed by atoms with E-state index in [0.29, 0.717) is 17.4 Å². The molecule has 0 saturated carbocycles. The minimum Gasteiger partial charge on any atom is -0.467 e. The smallest absolute Gasteiger partial charge is 0.258 e. The highest BCUT2D eigenvalue weighted by Gasteiger charge is 2.42. The Morgan fingerprint density at radius 1 is 1.07 bits per heavy atom. The molecule has 1 aromatic heterocycles. The molecule has 1 fully saturated rings. The van der Waals surface area contributed by atoms with Gasteiger partial charge in [0.15, 0.2) is 5.72 Å². The first kappa shape index (κ1) is 18.3. The number of ether oxygens (including phenoxy) is 1. The van der Waals surface area contributed by atoms with Crippen LogP contribution in [-0.4, -0.2) is 34.2 Å². The third-order valence-corrected chi connectivity index (χ3v) is 6.22. The van der Waals surface area contributed by atoms with Crippen molar-refractivity contribution in [2.45, 2.75) is 45.0 Å². The van der Waals surface area contributed by atoms with Gasteiger partial charge in [-0.25, -0.2) is 0 Å². The lowest BCUT2D eigenvalue weighted by Crippen LogP contribution is -2.60. The van der Waals surface area contributed by atoms with Crippen molar-refractivity contribution in [1.29, 1.82) is 0 Å². The Labute approximate surface area is 171 Å². The fourth-order valence-corrected chi connectivity index (χ4v) is 4.62. The SMILES string of the molecule is CC(C)n1cc(CN2CCC3(CC2)NC(=O)c2ccccc2O3)c2ccccc21. The van der Waals surface area contributed by atoms with E-state index in [9.17, 15) is 4.79 Å². The third-order valence-electron chi connectivity index (χ3n) is 6.22. The monoisotopic (exact) mass is 389 g/mol. The summed E-state index contributed by atoms with van der Waals surface area (Å²) < 4.78 is 8.63. The van der Waals surface area contributed by atoms with Crippen molar-refractivity contribution >= 4 is 16.8 Å². The number of amides is 1. The predicted octanol–water partition coefficient (Wildman–Crippen LogP) is 4.34. The molecule has 0 radical (unpaired) electrons. The molecule has 2 aliphatic heterocycles. The molecule has 0 bridgehead atoms. The summed E-state index contributed by atoms with van der Waals surface area (Å²) in [5.74, 6) is 0.671. The Balaban J connectivity index is 1.32. The van der Waals surface area contributed by atoms with E-state index in [4.69, 9.17) is 4.74 Å². The van der Waals surface area contributed by atoms with Crippen LogP contribution in [0.5, 0.6) is 5.75 Å². The maximum Gasteiger partial charge on any atom is 0.258 e. The van der Waals surface area contributed by atoms with Gasteiger partial charge in [-0.1, -0.05) is 30.3 Å². The van der Waals surface area contributed by atoms with E-state index in [-0.39, 0.29) is 5.91 Å². The van der Waals surface area contributed by atoms with Crippen LogP contribution in [0, 0.1) is 0 Å². The van der Waals surface area contributed by atoms with Gasteiger partial charge in [0.05, 0.1) is 5.56 Å². The first-order chi connectivity index (χ1) is 14.0. The van der Waals surface area contributed by atoms with Gasteiger partial charge in [0.2, 0.25) is 0 Å². The Morgan fingerprint density at radius 2 is 1.79 bits per heavy atom. The molecule has 2 aromatic carbocycles. The standard InChI is InChI=1S/C24H27N3O2/c1-17(2)27-16-18(19-7-3-5-9-21(19)27)15-26-13-11-24(12-14-26)25-23(28)20-8-4-6-10-22(20)29-24/h3-10,16-17H,11-15H2,1-2H3,(H,25,28). The fraction of sp³-hybridized carbons (Fsp3) is 0.375. The second kappa shape index (κ2) is 6.92. The Kier molecular flexibility index (Phi) is 4.36. The van der Waals surface area contributed by atoms with Crippen LogP contribution in [0.25, 0.3) is 10.9 Å². The van der Waals surface area contributed by atoms with Crippen molar-refractivity contribution in [2.75, 3.05) is 13.1 Å². The summed E-state index contributed by atoms with van der Waals surface area (Å²) in [5.41, 5.74) is 2.71. The number of benzene rings is 2. The first-order valence-corrected chi connectivity index (χ1v) is 10.5. The second-order valence-corrected chi connectivity index (χ2v) is 8.50. The molecule has 1 amide bonds. The van der Waals surface area contributed by atoms with Crippen LogP contribution in [-0.2, 0) is 6.54 Å². The predicted molar refractivity (Wildman–Crippen MR) is 114 cm³/mol. The number of carbonyl (C=O) groups is 1. The lowest BCUT2D eigenvalue weighted by atomic mass is 9.96. The number of piperidine rings is 1. The average Bonchev–Trinajstić information content (AvgIpc) is 3.09. The molecule has 1 N–H and O–H groups in total. The van der Waals surface area contributed by atoms with E-state index in [1.54, 1.807) is 0 Å². The zero-order valence-electron chi connectivity index (χ0n) is 17.0. The molecule has 5 heteroatoms. The summed E-state index contributed by atoms with van der Waals surface area (Å²) >= 11 is 0. The van der Waals surface area contributed by atoms with Crippen LogP contribution in [0.15, 0.2) is 54.7 Å². The zero-order chi connectivity index (χ0) is 20.0. The molecular weight excluding hydrogens is 362 g/mol. The van der Waals surface area contributed by atoms with Gasteiger partial charge in [0.1, 0.15) is 5.75 Å². The summed E-state index contributed by atoms with van der Waals surface area (Å²) in [6.45, 7) is 7.15. The highest BCUT2D eigenvalue weighted by atomic mass is 16.5. The third kappa shape index (κ3) is 3.19. The van der Waals surface area contributed by atoms with Crippen molar-refractivity contribution in [2.24, 2.45) is 0 Å². The molecule has 0 aliphatic carbocycles. The van der Waals surface area contributed by atoms with Gasteiger partial charge >= 0.3 is 0 Å². The molecule has 29 heavy (non-hydrogen) atoms. The molecular formula is C24H27N3O2. The Bertz CT molecular complexity index is 1060. The van der Waals surface area contributed by atoms with Gasteiger partial charge in [-0.3, -0.25) is 9.69 Å². The average molecular weight is 389 g/mol. The van der Waals surface area contributed by atoms with Crippen LogP contribution >= 0.6 is 0 Å². The van der Waals surface area contributed by atoms with E-state index in [2.05, 4.69) is 59.1 Å². The quantitative estimate of drug-likeness (QED) is 0.725. The largest absolute Gasteiger partial charge is 0.467 e. The van der Waals surface area contributed by atoms with Crippen LogP contribution in [0.4, 0.5) is 0 Å². The number of carbonyl (C=O) groups excluding carboxylic acids is 1. The number of aromatic nitrogens is 1. The van der Waals surface area contributed by atoms with Crippen molar-refractivity contribution in [3.05, 3.63) is 65.9 Å². The zero-order valence-corrected chi connectivity index (χ0v) is 17.0. The number of likely N-dealkylation sites (tertiary alicyclic amines) is 1. The van der Waals surface area contributed by atoms with Crippen molar-refractivity contribution in [3.63, 3.8) is 0 Å². The first-order valence-electron chi connectivity index (χ1n) is 10.5. The minimum absolute atomic E-state index is 0.0275. The minimum atomic E-state index is -0.576. The van der Waals surface area contributed by atoms with Crippen LogP contribution in [0.1, 0.15) is 48.7 Å². The van der Waals surface area contributed by atoms with Gasteiger partial charge in [-0.15, -0.1) is 0 Å². The Morgan fingerprint density at radius 3 is 2.59 bits per heavy atom. The van der Waals surface area contributed by atoms with Gasteiger partial charge in [0, 0.05) is 55.6 Å². The molecule has 1 spiro atoms. The molecule has 3 aromatic rings. The van der Waals surface area contributed by atoms with E-state index >= 15 is 0 Å². The van der Waals surface area contributed by atoms with Gasteiger partial charge < -0.3 is 14.6 Å². The highest BCUT2D eigenvalue weighted by molar-refractivity contribution is 5.98. The summed E-state index contributed by atoms with van der Waals surface area (Å²) in [4.78, 5) is 15.0. The molecule has 0 atom stereocenters. The lowest BCUT2D eigenvalue weighted by Gasteiger charge is -2.44. The Hall–Kier alpha value is -2.79. The van der Waals surface area contributed by atoms with Gasteiger partial charge in [-0.05, 0) is 37.6 Å². The molecule has 1 saturated heterocycles. The van der Waals surface area contributed by atoms with Crippen LogP contribution in [0.3, 0.4) is 0 Å². The fourth-order valence-electron chi connectivity index (χ4n) is 4.62. The topological polar surface area (TPSA) is 46.5 Å². The molecule has 2 aliphatic rings. The number of nitrogens with zero attached hydrogens (tertiary/aromatic N) is 2. The molecule has 5 rings (SSSR count). The van der Waals surface area contributed by atoms with Crippen molar-refractivity contribution in [1.82, 2.24) is 14.8 Å². The number of hydrogen-bond donors (Lipinski definition) is 1.